The Morgan fingerprint density at radius 1 is 1.24 bits per heavy atom. The van der Waals surface area contributed by atoms with Gasteiger partial charge in [-0.2, -0.15) is 0 Å². The lowest BCUT2D eigenvalue weighted by atomic mass is 10.1. The average Bonchev–Trinajstić information content (AvgIpc) is 3.25. The largest absolute Gasteiger partial charge is 0.379 e. The number of benzene rings is 2. The Balaban J connectivity index is 1.54. The Bertz CT molecular complexity index is 1200. The van der Waals surface area contributed by atoms with E-state index in [0.717, 1.165) is 66.2 Å². The molecule has 0 bridgehead atoms. The predicted octanol–water partition coefficient (Wildman–Crippen LogP) is 4.59. The summed E-state index contributed by atoms with van der Waals surface area (Å²) in [5.41, 5.74) is 3.95. The van der Waals surface area contributed by atoms with E-state index in [0.29, 0.717) is 11.7 Å². The van der Waals surface area contributed by atoms with Crippen molar-refractivity contribution in [3.05, 3.63) is 69.3 Å². The summed E-state index contributed by atoms with van der Waals surface area (Å²) in [5.74, 6) is -0.159. The van der Waals surface area contributed by atoms with Gasteiger partial charge in [-0.1, -0.05) is 17.4 Å². The topological polar surface area (TPSA) is 88.8 Å². The maximum absolute atomic E-state index is 13.3. The zero-order valence-corrected chi connectivity index (χ0v) is 20.2. The van der Waals surface area contributed by atoms with Gasteiger partial charge < -0.3 is 4.74 Å². The lowest BCUT2D eigenvalue weighted by Gasteiger charge is -2.27. The van der Waals surface area contributed by atoms with Gasteiger partial charge in [-0.3, -0.25) is 24.7 Å². The summed E-state index contributed by atoms with van der Waals surface area (Å²) in [4.78, 5) is 32.6. The van der Waals surface area contributed by atoms with Crippen LogP contribution in [-0.2, 0) is 9.53 Å². The molecule has 3 aromatic rings. The van der Waals surface area contributed by atoms with Crippen LogP contribution in [0.15, 0.2) is 42.5 Å². The number of morpholine rings is 1. The fourth-order valence-electron chi connectivity index (χ4n) is 4.02. The highest BCUT2D eigenvalue weighted by molar-refractivity contribution is 7.22. The van der Waals surface area contributed by atoms with Gasteiger partial charge in [0.1, 0.15) is 0 Å². The second kappa shape index (κ2) is 10.9. The molecule has 9 heteroatoms. The van der Waals surface area contributed by atoms with Crippen molar-refractivity contribution in [3.63, 3.8) is 0 Å². The van der Waals surface area contributed by atoms with Crippen molar-refractivity contribution in [2.45, 2.75) is 20.3 Å². The molecule has 1 aliphatic rings. The molecular formula is C25H28N4O4S. The number of rotatable bonds is 8. The highest BCUT2D eigenvalue weighted by atomic mass is 32.1. The summed E-state index contributed by atoms with van der Waals surface area (Å²) in [5, 5.41) is 11.6. The number of carbonyl (C=O) groups is 1. The normalized spacial score (nSPS) is 14.6. The fourth-order valence-corrected chi connectivity index (χ4v) is 5.07. The first kappa shape index (κ1) is 24.0. The second-order valence-electron chi connectivity index (χ2n) is 8.41. The number of ether oxygens (including phenoxy) is 1. The van der Waals surface area contributed by atoms with Gasteiger partial charge in [0.05, 0.1) is 28.4 Å². The van der Waals surface area contributed by atoms with Crippen LogP contribution in [0, 0.1) is 24.0 Å². The standard InChI is InChI=1S/C25H28N4O4S/c1-18-16-19(2)24-22(17-18)26-25(34-24)28(11-3-10-27-12-14-33-15-13-27)23(30)9-6-20-4-7-21(8-5-20)29(31)32/h4-9,16-17H,3,10-15H2,1-2H3/b9-6+. The van der Waals surface area contributed by atoms with Gasteiger partial charge >= 0.3 is 0 Å². The van der Waals surface area contributed by atoms with Crippen LogP contribution in [0.4, 0.5) is 10.8 Å². The van der Waals surface area contributed by atoms with Crippen LogP contribution < -0.4 is 4.90 Å². The number of thiazole rings is 1. The zero-order chi connectivity index (χ0) is 24.1. The number of aryl methyl sites for hydroxylation is 2. The lowest BCUT2D eigenvalue weighted by Crippen LogP contribution is -2.39. The van der Waals surface area contributed by atoms with E-state index in [-0.39, 0.29) is 11.6 Å². The summed E-state index contributed by atoms with van der Waals surface area (Å²) in [6, 6.07) is 10.3. The van der Waals surface area contributed by atoms with E-state index >= 15 is 0 Å². The Labute approximate surface area is 202 Å². The molecule has 0 atom stereocenters. The maximum atomic E-state index is 13.3. The summed E-state index contributed by atoms with van der Waals surface area (Å²) in [6.07, 6.45) is 4.02. The first-order valence-electron chi connectivity index (χ1n) is 11.3. The number of nitrogens with zero attached hydrogens (tertiary/aromatic N) is 4. The average molecular weight is 481 g/mol. The van der Waals surface area contributed by atoms with Crippen LogP contribution in [0.2, 0.25) is 0 Å². The smallest absolute Gasteiger partial charge is 0.269 e. The molecule has 1 saturated heterocycles. The van der Waals surface area contributed by atoms with Gasteiger partial charge in [0.15, 0.2) is 5.13 Å². The molecule has 178 valence electrons. The highest BCUT2D eigenvalue weighted by Crippen LogP contribution is 2.32. The third-order valence-corrected chi connectivity index (χ3v) is 7.02. The number of hydrogen-bond donors (Lipinski definition) is 0. The highest BCUT2D eigenvalue weighted by Gasteiger charge is 2.19. The van der Waals surface area contributed by atoms with Crippen molar-refractivity contribution in [2.75, 3.05) is 44.3 Å². The van der Waals surface area contributed by atoms with E-state index < -0.39 is 4.92 Å². The Morgan fingerprint density at radius 2 is 1.97 bits per heavy atom. The van der Waals surface area contributed by atoms with Crippen LogP contribution in [-0.4, -0.2) is 60.1 Å². The molecule has 0 unspecified atom stereocenters. The molecule has 1 amide bonds. The Hall–Kier alpha value is -3.14. The molecule has 34 heavy (non-hydrogen) atoms. The molecule has 4 rings (SSSR count). The van der Waals surface area contributed by atoms with E-state index in [1.54, 1.807) is 23.1 Å². The Morgan fingerprint density at radius 3 is 2.68 bits per heavy atom. The molecule has 0 radical (unpaired) electrons. The summed E-state index contributed by atoms with van der Waals surface area (Å²) in [7, 11) is 0. The monoisotopic (exact) mass is 480 g/mol. The second-order valence-corrected chi connectivity index (χ2v) is 9.38. The molecule has 8 nitrogen and oxygen atoms in total. The molecule has 2 aromatic carbocycles. The molecule has 1 aromatic heterocycles. The zero-order valence-electron chi connectivity index (χ0n) is 19.4. The van der Waals surface area contributed by atoms with Crippen molar-refractivity contribution >= 4 is 44.4 Å². The van der Waals surface area contributed by atoms with Crippen LogP contribution in [0.5, 0.6) is 0 Å². The van der Waals surface area contributed by atoms with Crippen LogP contribution >= 0.6 is 11.3 Å². The SMILES string of the molecule is Cc1cc(C)c2sc(N(CCCN3CCOCC3)C(=O)/C=C/c3ccc([N+](=O)[O-])cc3)nc2c1. The molecule has 0 aliphatic carbocycles. The van der Waals surface area contributed by atoms with Gasteiger partial charge in [0.2, 0.25) is 0 Å². The minimum absolute atomic E-state index is 0.0216. The third kappa shape index (κ3) is 5.85. The molecular weight excluding hydrogens is 452 g/mol. The van der Waals surface area contributed by atoms with E-state index in [1.165, 1.54) is 29.5 Å². The van der Waals surface area contributed by atoms with Crippen molar-refractivity contribution in [1.29, 1.82) is 0 Å². The molecule has 0 N–H and O–H groups in total. The molecule has 0 saturated carbocycles. The summed E-state index contributed by atoms with van der Waals surface area (Å²) < 4.78 is 6.51. The number of carbonyl (C=O) groups excluding carboxylic acids is 1. The number of nitro groups is 1. The first-order chi connectivity index (χ1) is 16.4. The van der Waals surface area contributed by atoms with E-state index in [9.17, 15) is 14.9 Å². The number of fused-ring (bicyclic) bond motifs is 1. The predicted molar refractivity (Wildman–Crippen MR) is 135 cm³/mol. The van der Waals surface area contributed by atoms with E-state index in [4.69, 9.17) is 9.72 Å². The quantitative estimate of drug-likeness (QED) is 0.266. The number of non-ortho nitro benzene ring substituents is 1. The Kier molecular flexibility index (Phi) is 7.66. The van der Waals surface area contributed by atoms with Gasteiger partial charge in [-0.15, -0.1) is 0 Å². The number of anilines is 1. The van der Waals surface area contributed by atoms with E-state index in [1.807, 2.05) is 13.0 Å². The van der Waals surface area contributed by atoms with Crippen molar-refractivity contribution in [2.24, 2.45) is 0 Å². The van der Waals surface area contributed by atoms with Gasteiger partial charge in [-0.25, -0.2) is 4.98 Å². The summed E-state index contributed by atoms with van der Waals surface area (Å²) in [6.45, 7) is 8.87. The van der Waals surface area contributed by atoms with E-state index in [2.05, 4.69) is 17.9 Å². The number of aromatic nitrogens is 1. The van der Waals surface area contributed by atoms with Gasteiger partial charge in [0.25, 0.3) is 11.6 Å². The summed E-state index contributed by atoms with van der Waals surface area (Å²) >= 11 is 1.53. The van der Waals surface area contributed by atoms with Crippen LogP contribution in [0.1, 0.15) is 23.1 Å². The molecule has 1 aliphatic heterocycles. The number of amides is 1. The third-order valence-electron chi connectivity index (χ3n) is 5.79. The van der Waals surface area contributed by atoms with Crippen molar-refractivity contribution in [1.82, 2.24) is 9.88 Å². The molecule has 1 fully saturated rings. The van der Waals surface area contributed by atoms with Crippen LogP contribution in [0.3, 0.4) is 0 Å². The van der Waals surface area contributed by atoms with Gasteiger partial charge in [-0.05, 0) is 61.2 Å². The first-order valence-corrected chi connectivity index (χ1v) is 12.1. The minimum atomic E-state index is -0.439. The maximum Gasteiger partial charge on any atom is 0.269 e. The molecule has 2 heterocycles. The van der Waals surface area contributed by atoms with Crippen molar-refractivity contribution in [3.8, 4) is 0 Å². The van der Waals surface area contributed by atoms with Gasteiger partial charge in [0, 0.05) is 44.4 Å². The fraction of sp³-hybridized carbons (Fsp3) is 0.360. The van der Waals surface area contributed by atoms with Crippen molar-refractivity contribution < 1.29 is 14.5 Å². The molecule has 0 spiro atoms. The minimum Gasteiger partial charge on any atom is -0.379 e. The lowest BCUT2D eigenvalue weighted by molar-refractivity contribution is -0.384. The number of hydrogen-bond acceptors (Lipinski definition) is 7. The number of nitro benzene ring substituents is 1. The van der Waals surface area contributed by atoms with Crippen LogP contribution in [0.25, 0.3) is 16.3 Å².